The lowest BCUT2D eigenvalue weighted by Gasteiger charge is -2.12. The van der Waals surface area contributed by atoms with Crippen LogP contribution in [0.1, 0.15) is 16.8 Å². The van der Waals surface area contributed by atoms with Crippen LogP contribution in [0.4, 0.5) is 11.5 Å². The number of ether oxygens (including phenoxy) is 2. The molecule has 0 bridgehead atoms. The van der Waals surface area contributed by atoms with Crippen LogP contribution in [0.25, 0.3) is 10.9 Å². The summed E-state index contributed by atoms with van der Waals surface area (Å²) in [5, 5.41) is 12.0. The minimum atomic E-state index is 0.280. The molecule has 0 aliphatic rings. The summed E-state index contributed by atoms with van der Waals surface area (Å²) in [6.07, 6.45) is 5.01. The Morgan fingerprint density at radius 2 is 1.94 bits per heavy atom. The Morgan fingerprint density at radius 3 is 2.71 bits per heavy atom. The molecule has 0 unspecified atom stereocenters. The summed E-state index contributed by atoms with van der Waals surface area (Å²) in [6.45, 7) is 4.52. The van der Waals surface area contributed by atoms with Gasteiger partial charge in [-0.1, -0.05) is 6.07 Å². The van der Waals surface area contributed by atoms with Crippen LogP contribution in [-0.4, -0.2) is 47.1 Å². The largest absolute Gasteiger partial charge is 0.455 e. The smallest absolute Gasteiger partial charge is 0.145 e. The Kier molecular flexibility index (Phi) is 7.19. The van der Waals surface area contributed by atoms with E-state index < -0.39 is 0 Å². The number of hydrogen-bond acceptors (Lipinski definition) is 8. The van der Waals surface area contributed by atoms with Gasteiger partial charge in [-0.3, -0.25) is 9.98 Å². The fourth-order valence-electron chi connectivity index (χ4n) is 3.36. The van der Waals surface area contributed by atoms with Gasteiger partial charge in [0, 0.05) is 30.1 Å². The number of hydrogen-bond donors (Lipinski definition) is 2. The quantitative estimate of drug-likeness (QED) is 0.334. The fourth-order valence-corrected chi connectivity index (χ4v) is 3.36. The molecular formula is C26H26N6O2. The van der Waals surface area contributed by atoms with Crippen LogP contribution >= 0.6 is 0 Å². The van der Waals surface area contributed by atoms with Crippen molar-refractivity contribution in [2.75, 3.05) is 25.6 Å². The molecule has 0 saturated carbocycles. The van der Waals surface area contributed by atoms with Crippen LogP contribution in [0.5, 0.6) is 11.5 Å². The molecule has 34 heavy (non-hydrogen) atoms. The third-order valence-corrected chi connectivity index (χ3v) is 5.05. The van der Waals surface area contributed by atoms with Crippen molar-refractivity contribution in [3.63, 3.8) is 0 Å². The number of benzene rings is 2. The summed E-state index contributed by atoms with van der Waals surface area (Å²) < 4.78 is 10.9. The summed E-state index contributed by atoms with van der Waals surface area (Å²) in [5.74, 6) is 2.16. The number of methoxy groups -OCH3 is 1. The number of aryl methyl sites for hydroxylation is 2. The van der Waals surface area contributed by atoms with Crippen molar-refractivity contribution in [2.45, 2.75) is 13.8 Å². The maximum Gasteiger partial charge on any atom is 0.145 e. The molecule has 8 heteroatoms. The molecule has 0 saturated heterocycles. The number of aromatic nitrogens is 3. The Hall–Kier alpha value is -4.17. The Labute approximate surface area is 198 Å². The zero-order valence-electron chi connectivity index (χ0n) is 19.4. The average molecular weight is 455 g/mol. The molecule has 172 valence electrons. The Bertz CT molecular complexity index is 1340. The van der Waals surface area contributed by atoms with Gasteiger partial charge in [-0.25, -0.2) is 9.97 Å². The molecule has 0 aliphatic carbocycles. The standard InChI is InChI=1S/C26H26N6O2/c1-17-10-21(6-9-25(17)34-22-7-4-18(2)29-14-22)32-26-23-11-19(5-8-24(23)30-16-31-26)12-28-13-20(27)15-33-3/h4-12,14,16,27H,13,15H2,1-3H3,(H,30,31,32). The fraction of sp³-hybridized carbons (Fsp3) is 0.192. The van der Waals surface area contributed by atoms with E-state index in [1.807, 2.05) is 62.4 Å². The van der Waals surface area contributed by atoms with E-state index in [2.05, 4.69) is 25.3 Å². The molecule has 2 N–H and O–H groups in total. The Balaban J connectivity index is 1.53. The zero-order chi connectivity index (χ0) is 23.9. The van der Waals surface area contributed by atoms with Crippen LogP contribution in [0, 0.1) is 19.3 Å². The van der Waals surface area contributed by atoms with Crippen molar-refractivity contribution in [1.82, 2.24) is 15.0 Å². The van der Waals surface area contributed by atoms with E-state index in [9.17, 15) is 0 Å². The van der Waals surface area contributed by atoms with Gasteiger partial charge in [0.15, 0.2) is 0 Å². The first kappa shape index (κ1) is 23.0. The van der Waals surface area contributed by atoms with Gasteiger partial charge in [-0.05, 0) is 67.4 Å². The van der Waals surface area contributed by atoms with E-state index in [4.69, 9.17) is 14.9 Å². The van der Waals surface area contributed by atoms with Crippen LogP contribution in [-0.2, 0) is 4.74 Å². The molecule has 0 atom stereocenters. The van der Waals surface area contributed by atoms with Crippen molar-refractivity contribution in [3.05, 3.63) is 77.9 Å². The van der Waals surface area contributed by atoms with E-state index in [0.717, 1.165) is 39.2 Å². The van der Waals surface area contributed by atoms with Crippen molar-refractivity contribution < 1.29 is 9.47 Å². The lowest BCUT2D eigenvalue weighted by atomic mass is 10.1. The molecule has 4 aromatic rings. The third-order valence-electron chi connectivity index (χ3n) is 5.05. The highest BCUT2D eigenvalue weighted by atomic mass is 16.5. The number of nitrogens with one attached hydrogen (secondary N) is 2. The topological polar surface area (TPSA) is 105 Å². The lowest BCUT2D eigenvalue weighted by molar-refractivity contribution is 0.244. The predicted molar refractivity (Wildman–Crippen MR) is 135 cm³/mol. The SMILES string of the molecule is COCC(=N)CN=Cc1ccc2ncnc(Nc3ccc(Oc4ccc(C)nc4)c(C)c3)c2c1. The monoisotopic (exact) mass is 454 g/mol. The molecule has 2 heterocycles. The number of nitrogens with zero attached hydrogens (tertiary/aromatic N) is 4. The van der Waals surface area contributed by atoms with Gasteiger partial charge in [-0.15, -0.1) is 0 Å². The Morgan fingerprint density at radius 1 is 1.06 bits per heavy atom. The van der Waals surface area contributed by atoms with Gasteiger partial charge in [0.25, 0.3) is 0 Å². The normalized spacial score (nSPS) is 11.1. The summed E-state index contributed by atoms with van der Waals surface area (Å²) in [5.41, 5.74) is 4.97. The highest BCUT2D eigenvalue weighted by Gasteiger charge is 2.08. The second kappa shape index (κ2) is 10.6. The molecule has 0 amide bonds. The lowest BCUT2D eigenvalue weighted by Crippen LogP contribution is -2.08. The highest BCUT2D eigenvalue weighted by Crippen LogP contribution is 2.29. The van der Waals surface area contributed by atoms with Crippen LogP contribution in [0.2, 0.25) is 0 Å². The number of anilines is 2. The minimum absolute atomic E-state index is 0.280. The van der Waals surface area contributed by atoms with Gasteiger partial charge in [0.05, 0.1) is 30.6 Å². The van der Waals surface area contributed by atoms with E-state index in [1.165, 1.54) is 0 Å². The molecule has 0 aliphatic heterocycles. The molecule has 2 aromatic heterocycles. The number of aliphatic imine (C=N–C) groups is 1. The minimum Gasteiger partial charge on any atom is -0.455 e. The molecule has 0 radical (unpaired) electrons. The van der Waals surface area contributed by atoms with Gasteiger partial charge in [0.2, 0.25) is 0 Å². The summed E-state index contributed by atoms with van der Waals surface area (Å²) in [6, 6.07) is 15.6. The van der Waals surface area contributed by atoms with Crippen LogP contribution in [0.3, 0.4) is 0 Å². The molecule has 4 rings (SSSR count). The van der Waals surface area contributed by atoms with Crippen molar-refractivity contribution in [2.24, 2.45) is 4.99 Å². The third kappa shape index (κ3) is 5.79. The van der Waals surface area contributed by atoms with Gasteiger partial charge >= 0.3 is 0 Å². The van der Waals surface area contributed by atoms with Gasteiger partial charge in [-0.2, -0.15) is 0 Å². The maximum absolute atomic E-state index is 7.77. The van der Waals surface area contributed by atoms with Crippen LogP contribution < -0.4 is 10.1 Å². The summed E-state index contributed by atoms with van der Waals surface area (Å²) in [7, 11) is 1.57. The van der Waals surface area contributed by atoms with E-state index in [-0.39, 0.29) is 6.61 Å². The summed E-state index contributed by atoms with van der Waals surface area (Å²) >= 11 is 0. The van der Waals surface area contributed by atoms with Gasteiger partial charge < -0.3 is 20.2 Å². The molecule has 2 aromatic carbocycles. The first-order valence-electron chi connectivity index (χ1n) is 10.8. The number of fused-ring (bicyclic) bond motifs is 1. The van der Waals surface area contributed by atoms with Crippen molar-refractivity contribution >= 4 is 34.3 Å². The van der Waals surface area contributed by atoms with E-state index in [0.29, 0.717) is 23.8 Å². The average Bonchev–Trinajstić information content (AvgIpc) is 2.83. The van der Waals surface area contributed by atoms with E-state index >= 15 is 0 Å². The molecule has 8 nitrogen and oxygen atoms in total. The second-order valence-electron chi connectivity index (χ2n) is 7.85. The first-order chi connectivity index (χ1) is 16.5. The summed E-state index contributed by atoms with van der Waals surface area (Å²) in [4.78, 5) is 17.4. The van der Waals surface area contributed by atoms with Crippen LogP contribution in [0.15, 0.2) is 66.0 Å². The highest BCUT2D eigenvalue weighted by molar-refractivity contribution is 5.96. The molecular weight excluding hydrogens is 428 g/mol. The van der Waals surface area contributed by atoms with E-state index in [1.54, 1.807) is 25.8 Å². The first-order valence-corrected chi connectivity index (χ1v) is 10.8. The van der Waals surface area contributed by atoms with Crippen molar-refractivity contribution in [1.29, 1.82) is 5.41 Å². The predicted octanol–water partition coefficient (Wildman–Crippen LogP) is 5.26. The second-order valence-corrected chi connectivity index (χ2v) is 7.85. The molecule has 0 fully saturated rings. The zero-order valence-corrected chi connectivity index (χ0v) is 19.4. The maximum atomic E-state index is 7.77. The van der Waals surface area contributed by atoms with Crippen molar-refractivity contribution in [3.8, 4) is 11.5 Å². The number of pyridine rings is 1. The van der Waals surface area contributed by atoms with Gasteiger partial charge in [0.1, 0.15) is 23.6 Å². The number of rotatable bonds is 9. The molecule has 0 spiro atoms.